The van der Waals surface area contributed by atoms with Crippen LogP contribution in [0.4, 0.5) is 4.39 Å². The van der Waals surface area contributed by atoms with E-state index in [9.17, 15) is 14.0 Å². The number of carbonyl (C=O) groups is 1. The van der Waals surface area contributed by atoms with Gasteiger partial charge >= 0.3 is 5.97 Å². The molecule has 0 saturated carbocycles. The van der Waals surface area contributed by atoms with Crippen molar-refractivity contribution in [2.45, 2.75) is 26.5 Å². The number of esters is 1. The highest BCUT2D eigenvalue weighted by atomic mass is 79.9. The minimum Gasteiger partial charge on any atom is -0.489 e. The molecule has 1 aromatic heterocycles. The van der Waals surface area contributed by atoms with Crippen LogP contribution in [0.5, 0.6) is 5.75 Å². The molecule has 0 spiro atoms. The van der Waals surface area contributed by atoms with Gasteiger partial charge in [0.15, 0.2) is 4.80 Å². The number of ether oxygens (including phenoxy) is 2. The first kappa shape index (κ1) is 26.8. The molecule has 1 atom stereocenters. The van der Waals surface area contributed by atoms with Gasteiger partial charge in [0, 0.05) is 4.47 Å². The Balaban J connectivity index is 1.48. The molecular formula is C30H24BrFN2O4S. The van der Waals surface area contributed by atoms with Crippen LogP contribution in [0.25, 0.3) is 6.08 Å². The minimum absolute atomic E-state index is 0.180. The molecule has 2 heterocycles. The second-order valence-electron chi connectivity index (χ2n) is 8.84. The van der Waals surface area contributed by atoms with Crippen LogP contribution in [0.15, 0.2) is 98.3 Å². The molecule has 9 heteroatoms. The number of benzene rings is 3. The average molecular weight is 608 g/mol. The number of carbonyl (C=O) groups excluding carboxylic acids is 1. The molecular weight excluding hydrogens is 583 g/mol. The maximum absolute atomic E-state index is 13.7. The van der Waals surface area contributed by atoms with Crippen LogP contribution in [0, 0.1) is 5.82 Å². The predicted octanol–water partition coefficient (Wildman–Crippen LogP) is 5.28. The molecule has 0 saturated heterocycles. The number of thiazole rings is 1. The van der Waals surface area contributed by atoms with E-state index >= 15 is 0 Å². The molecule has 0 unspecified atom stereocenters. The topological polar surface area (TPSA) is 69.9 Å². The Hall–Kier alpha value is -3.82. The fraction of sp³-hybridized carbons (Fsp3) is 0.167. The Bertz CT molecular complexity index is 1720. The van der Waals surface area contributed by atoms with E-state index in [0.717, 1.165) is 15.6 Å². The standard InChI is InChI=1S/C30H24BrFN2O4S/c1-3-37-29(36)26-18(2)33-30-34(27(26)21-8-12-23(32)13-9-21)28(35)25(39-30)16-19-6-14-24(15-7-19)38-17-20-4-10-22(31)11-5-20/h4-16,27H,3,17H2,1-2H3/b25-16-/t27-/m0/s1. The van der Waals surface area contributed by atoms with Gasteiger partial charge in [-0.25, -0.2) is 14.2 Å². The molecule has 5 rings (SSSR count). The van der Waals surface area contributed by atoms with Crippen molar-refractivity contribution in [2.75, 3.05) is 6.61 Å². The van der Waals surface area contributed by atoms with Gasteiger partial charge in [0.1, 0.15) is 18.2 Å². The maximum atomic E-state index is 13.7. The highest BCUT2D eigenvalue weighted by Gasteiger charge is 2.33. The number of hydrogen-bond acceptors (Lipinski definition) is 6. The molecule has 4 aromatic rings. The molecule has 198 valence electrons. The summed E-state index contributed by atoms with van der Waals surface area (Å²) in [5.41, 5.74) is 2.89. The van der Waals surface area contributed by atoms with Gasteiger partial charge in [0.05, 0.1) is 28.5 Å². The zero-order valence-electron chi connectivity index (χ0n) is 21.2. The molecule has 0 N–H and O–H groups in total. The van der Waals surface area contributed by atoms with Crippen molar-refractivity contribution in [1.29, 1.82) is 0 Å². The van der Waals surface area contributed by atoms with Crippen LogP contribution in [0.2, 0.25) is 0 Å². The van der Waals surface area contributed by atoms with Gasteiger partial charge in [0.2, 0.25) is 0 Å². The van der Waals surface area contributed by atoms with Gasteiger partial charge in [-0.2, -0.15) is 0 Å². The number of allylic oxidation sites excluding steroid dienone is 1. The SMILES string of the molecule is CCOC(=O)C1=C(C)N=c2s/c(=C\c3ccc(OCc4ccc(Br)cc4)cc3)c(=O)n2[C@H]1c1ccc(F)cc1. The van der Waals surface area contributed by atoms with Gasteiger partial charge in [-0.05, 0) is 73.0 Å². The third-order valence-corrected chi connectivity index (χ3v) is 7.71. The highest BCUT2D eigenvalue weighted by Crippen LogP contribution is 2.30. The predicted molar refractivity (Wildman–Crippen MR) is 152 cm³/mol. The lowest BCUT2D eigenvalue weighted by atomic mass is 9.96. The van der Waals surface area contributed by atoms with E-state index in [0.29, 0.717) is 33.0 Å². The van der Waals surface area contributed by atoms with Gasteiger partial charge < -0.3 is 9.47 Å². The summed E-state index contributed by atoms with van der Waals surface area (Å²) in [4.78, 5) is 31.6. The second-order valence-corrected chi connectivity index (χ2v) is 10.8. The lowest BCUT2D eigenvalue weighted by molar-refractivity contribution is -0.139. The molecule has 0 radical (unpaired) electrons. The molecule has 1 aliphatic rings. The van der Waals surface area contributed by atoms with Gasteiger partial charge in [-0.3, -0.25) is 9.36 Å². The van der Waals surface area contributed by atoms with Crippen LogP contribution < -0.4 is 19.6 Å². The summed E-state index contributed by atoms with van der Waals surface area (Å²) in [7, 11) is 0. The van der Waals surface area contributed by atoms with E-state index in [4.69, 9.17) is 9.47 Å². The molecule has 0 amide bonds. The smallest absolute Gasteiger partial charge is 0.338 e. The normalized spacial score (nSPS) is 15.1. The number of aromatic nitrogens is 1. The van der Waals surface area contributed by atoms with Crippen molar-refractivity contribution in [3.63, 3.8) is 0 Å². The third kappa shape index (κ3) is 5.79. The first-order chi connectivity index (χ1) is 18.8. The highest BCUT2D eigenvalue weighted by molar-refractivity contribution is 9.10. The summed E-state index contributed by atoms with van der Waals surface area (Å²) >= 11 is 4.66. The minimum atomic E-state index is -0.780. The van der Waals surface area contributed by atoms with Gasteiger partial charge in [-0.15, -0.1) is 0 Å². The fourth-order valence-electron chi connectivity index (χ4n) is 4.31. The summed E-state index contributed by atoms with van der Waals surface area (Å²) in [6, 6.07) is 20.4. The molecule has 0 fully saturated rings. The van der Waals surface area contributed by atoms with Crippen LogP contribution in [0.3, 0.4) is 0 Å². The van der Waals surface area contributed by atoms with Crippen LogP contribution >= 0.6 is 27.3 Å². The zero-order chi connectivity index (χ0) is 27.5. The lowest BCUT2D eigenvalue weighted by Gasteiger charge is -2.24. The van der Waals surface area contributed by atoms with Crippen LogP contribution in [-0.2, 0) is 16.1 Å². The van der Waals surface area contributed by atoms with E-state index < -0.39 is 17.8 Å². The van der Waals surface area contributed by atoms with Crippen molar-refractivity contribution in [2.24, 2.45) is 4.99 Å². The summed E-state index contributed by atoms with van der Waals surface area (Å²) in [5.74, 6) is -0.252. The Morgan fingerprint density at radius 1 is 1.08 bits per heavy atom. The number of rotatable bonds is 7. The molecule has 6 nitrogen and oxygen atoms in total. The van der Waals surface area contributed by atoms with Crippen molar-refractivity contribution in [1.82, 2.24) is 4.57 Å². The molecule has 1 aliphatic heterocycles. The maximum Gasteiger partial charge on any atom is 0.338 e. The Morgan fingerprint density at radius 2 is 1.77 bits per heavy atom. The van der Waals surface area contributed by atoms with Crippen molar-refractivity contribution >= 4 is 39.3 Å². The number of hydrogen-bond donors (Lipinski definition) is 0. The molecule has 39 heavy (non-hydrogen) atoms. The van der Waals surface area contributed by atoms with Gasteiger partial charge in [0.25, 0.3) is 5.56 Å². The monoisotopic (exact) mass is 606 g/mol. The first-order valence-electron chi connectivity index (χ1n) is 12.3. The zero-order valence-corrected chi connectivity index (χ0v) is 23.6. The third-order valence-electron chi connectivity index (χ3n) is 6.20. The van der Waals surface area contributed by atoms with Crippen LogP contribution in [0.1, 0.15) is 36.6 Å². The van der Waals surface area contributed by atoms with E-state index in [-0.39, 0.29) is 17.7 Å². The van der Waals surface area contributed by atoms with Crippen molar-refractivity contribution < 1.29 is 18.7 Å². The first-order valence-corrected chi connectivity index (χ1v) is 13.9. The summed E-state index contributed by atoms with van der Waals surface area (Å²) in [5, 5.41) is 0. The molecule has 3 aromatic carbocycles. The lowest BCUT2D eigenvalue weighted by Crippen LogP contribution is -2.39. The van der Waals surface area contributed by atoms with E-state index in [1.807, 2.05) is 48.5 Å². The molecule has 0 aliphatic carbocycles. The molecule has 0 bridgehead atoms. The van der Waals surface area contributed by atoms with E-state index in [1.165, 1.54) is 28.0 Å². The summed E-state index contributed by atoms with van der Waals surface area (Å²) in [6.45, 7) is 4.05. The second kappa shape index (κ2) is 11.5. The number of fused-ring (bicyclic) bond motifs is 1. The van der Waals surface area contributed by atoms with Gasteiger partial charge in [-0.1, -0.05) is 63.7 Å². The summed E-state index contributed by atoms with van der Waals surface area (Å²) < 4.78 is 27.8. The summed E-state index contributed by atoms with van der Waals surface area (Å²) in [6.07, 6.45) is 1.79. The Kier molecular flexibility index (Phi) is 7.90. The fourth-order valence-corrected chi connectivity index (χ4v) is 5.62. The van der Waals surface area contributed by atoms with Crippen LogP contribution in [-0.4, -0.2) is 17.1 Å². The number of nitrogens with zero attached hydrogens (tertiary/aromatic N) is 2. The average Bonchev–Trinajstić information content (AvgIpc) is 3.23. The van der Waals surface area contributed by atoms with Crippen molar-refractivity contribution in [3.8, 4) is 5.75 Å². The van der Waals surface area contributed by atoms with Crippen molar-refractivity contribution in [3.05, 3.63) is 131 Å². The number of halogens is 2. The largest absolute Gasteiger partial charge is 0.489 e. The van der Waals surface area contributed by atoms with E-state index in [2.05, 4.69) is 20.9 Å². The Labute approximate surface area is 236 Å². The van der Waals surface area contributed by atoms with E-state index in [1.54, 1.807) is 32.1 Å². The quantitative estimate of drug-likeness (QED) is 0.268. The Morgan fingerprint density at radius 3 is 2.44 bits per heavy atom.